The van der Waals surface area contributed by atoms with Crippen molar-refractivity contribution in [3.05, 3.63) is 23.8 Å². The second-order valence-corrected chi connectivity index (χ2v) is 5.93. The summed E-state index contributed by atoms with van der Waals surface area (Å²) in [7, 11) is 2.10. The first-order chi connectivity index (χ1) is 10.8. The molecule has 5 nitrogen and oxygen atoms in total. The van der Waals surface area contributed by atoms with Gasteiger partial charge in [0.05, 0.1) is 19.3 Å². The molecule has 0 N–H and O–H groups in total. The molecule has 3 rings (SSSR count). The van der Waals surface area contributed by atoms with E-state index in [1.54, 1.807) is 0 Å². The third-order valence-corrected chi connectivity index (χ3v) is 4.00. The van der Waals surface area contributed by atoms with E-state index in [0.29, 0.717) is 19.3 Å². The second-order valence-electron chi connectivity index (χ2n) is 5.93. The summed E-state index contributed by atoms with van der Waals surface area (Å²) in [6.45, 7) is 5.38. The molecule has 1 atom stereocenters. The third-order valence-electron chi connectivity index (χ3n) is 4.00. The topological polar surface area (TPSA) is 40.2 Å². The summed E-state index contributed by atoms with van der Waals surface area (Å²) in [5.74, 6) is 1.70. The Bertz CT molecular complexity index is 474. The number of hydrogen-bond acceptors (Lipinski definition) is 5. The molecule has 0 bridgehead atoms. The lowest BCUT2D eigenvalue weighted by molar-refractivity contribution is 0.0117. The van der Waals surface area contributed by atoms with E-state index in [4.69, 9.17) is 18.9 Å². The van der Waals surface area contributed by atoms with Gasteiger partial charge < -0.3 is 18.9 Å². The van der Waals surface area contributed by atoms with Crippen LogP contribution in [0.25, 0.3) is 0 Å². The Hall–Kier alpha value is -1.30. The number of rotatable bonds is 7. The fourth-order valence-corrected chi connectivity index (χ4v) is 2.79. The highest BCUT2D eigenvalue weighted by atomic mass is 16.6. The van der Waals surface area contributed by atoms with Crippen molar-refractivity contribution in [2.45, 2.75) is 25.5 Å². The van der Waals surface area contributed by atoms with Crippen LogP contribution in [0.3, 0.4) is 0 Å². The maximum Gasteiger partial charge on any atom is 0.161 e. The SMILES string of the molecule is CN(CCOC[C@H]1CCCO1)Cc1ccc2c(c1)OCCO2. The average molecular weight is 307 g/mol. The predicted octanol–water partition coefficient (Wildman–Crippen LogP) is 2.09. The zero-order valence-electron chi connectivity index (χ0n) is 13.3. The molecule has 1 fully saturated rings. The predicted molar refractivity (Wildman–Crippen MR) is 83.6 cm³/mol. The monoisotopic (exact) mass is 307 g/mol. The highest BCUT2D eigenvalue weighted by Crippen LogP contribution is 2.30. The minimum Gasteiger partial charge on any atom is -0.486 e. The Balaban J connectivity index is 1.38. The van der Waals surface area contributed by atoms with Gasteiger partial charge in [0.25, 0.3) is 0 Å². The quantitative estimate of drug-likeness (QED) is 0.721. The molecule has 1 aromatic carbocycles. The number of fused-ring (bicyclic) bond motifs is 1. The van der Waals surface area contributed by atoms with Crippen molar-refractivity contribution in [3.8, 4) is 11.5 Å². The van der Waals surface area contributed by atoms with Crippen LogP contribution in [-0.2, 0) is 16.0 Å². The second kappa shape index (κ2) is 7.81. The Labute approximate surface area is 132 Å². The molecular weight excluding hydrogens is 282 g/mol. The molecule has 2 aliphatic heterocycles. The van der Waals surface area contributed by atoms with Crippen molar-refractivity contribution in [1.29, 1.82) is 0 Å². The van der Waals surface area contributed by atoms with E-state index in [2.05, 4.69) is 24.1 Å². The fraction of sp³-hybridized carbons (Fsp3) is 0.647. The zero-order valence-corrected chi connectivity index (χ0v) is 13.3. The van der Waals surface area contributed by atoms with Crippen LogP contribution in [0.15, 0.2) is 18.2 Å². The summed E-state index contributed by atoms with van der Waals surface area (Å²) in [5, 5.41) is 0. The zero-order chi connectivity index (χ0) is 15.2. The van der Waals surface area contributed by atoms with Crippen molar-refractivity contribution in [2.75, 3.05) is 46.6 Å². The number of ether oxygens (including phenoxy) is 4. The van der Waals surface area contributed by atoms with Crippen molar-refractivity contribution in [2.24, 2.45) is 0 Å². The van der Waals surface area contributed by atoms with Gasteiger partial charge >= 0.3 is 0 Å². The van der Waals surface area contributed by atoms with Gasteiger partial charge in [-0.05, 0) is 37.6 Å². The summed E-state index contributed by atoms with van der Waals surface area (Å²) in [6.07, 6.45) is 2.61. The molecule has 5 heteroatoms. The lowest BCUT2D eigenvalue weighted by Crippen LogP contribution is -2.25. The van der Waals surface area contributed by atoms with E-state index in [-0.39, 0.29) is 0 Å². The summed E-state index contributed by atoms with van der Waals surface area (Å²) in [4.78, 5) is 2.25. The molecule has 0 spiro atoms. The minimum atomic E-state index is 0.308. The lowest BCUT2D eigenvalue weighted by atomic mass is 10.2. The van der Waals surface area contributed by atoms with Gasteiger partial charge in [-0.1, -0.05) is 6.07 Å². The normalized spacial score (nSPS) is 20.5. The number of benzene rings is 1. The minimum absolute atomic E-state index is 0.308. The fourth-order valence-electron chi connectivity index (χ4n) is 2.79. The Morgan fingerprint density at radius 2 is 2.05 bits per heavy atom. The van der Waals surface area contributed by atoms with Gasteiger partial charge in [0.1, 0.15) is 13.2 Å². The summed E-state index contributed by atoms with van der Waals surface area (Å²) in [6, 6.07) is 6.15. The van der Waals surface area contributed by atoms with Crippen LogP contribution in [-0.4, -0.2) is 57.6 Å². The highest BCUT2D eigenvalue weighted by molar-refractivity contribution is 5.43. The highest BCUT2D eigenvalue weighted by Gasteiger charge is 2.15. The summed E-state index contributed by atoms with van der Waals surface area (Å²) >= 11 is 0. The molecule has 0 unspecified atom stereocenters. The Kier molecular flexibility index (Phi) is 5.53. The van der Waals surface area contributed by atoms with Crippen LogP contribution in [0.2, 0.25) is 0 Å². The maximum absolute atomic E-state index is 5.71. The van der Waals surface area contributed by atoms with Gasteiger partial charge in [-0.3, -0.25) is 4.90 Å². The summed E-state index contributed by atoms with van der Waals surface area (Å²) < 4.78 is 22.4. The Morgan fingerprint density at radius 3 is 2.86 bits per heavy atom. The van der Waals surface area contributed by atoms with Crippen molar-refractivity contribution in [3.63, 3.8) is 0 Å². The molecule has 2 heterocycles. The van der Waals surface area contributed by atoms with Crippen LogP contribution in [0.1, 0.15) is 18.4 Å². The third kappa shape index (κ3) is 4.35. The molecule has 122 valence electrons. The van der Waals surface area contributed by atoms with E-state index < -0.39 is 0 Å². The molecular formula is C17H25NO4. The smallest absolute Gasteiger partial charge is 0.161 e. The van der Waals surface area contributed by atoms with Gasteiger partial charge in [-0.25, -0.2) is 0 Å². The van der Waals surface area contributed by atoms with Crippen LogP contribution in [0, 0.1) is 0 Å². The van der Waals surface area contributed by atoms with Crippen molar-refractivity contribution >= 4 is 0 Å². The maximum atomic E-state index is 5.71. The van der Waals surface area contributed by atoms with Crippen LogP contribution >= 0.6 is 0 Å². The first-order valence-corrected chi connectivity index (χ1v) is 8.08. The molecule has 22 heavy (non-hydrogen) atoms. The van der Waals surface area contributed by atoms with E-state index in [9.17, 15) is 0 Å². The van der Waals surface area contributed by atoms with E-state index in [0.717, 1.165) is 57.3 Å². The molecule has 0 amide bonds. The lowest BCUT2D eigenvalue weighted by Gasteiger charge is -2.21. The Morgan fingerprint density at radius 1 is 1.18 bits per heavy atom. The first kappa shape index (κ1) is 15.6. The van der Waals surface area contributed by atoms with Crippen LogP contribution in [0.5, 0.6) is 11.5 Å². The average Bonchev–Trinajstić information content (AvgIpc) is 3.05. The largest absolute Gasteiger partial charge is 0.486 e. The van der Waals surface area contributed by atoms with Crippen LogP contribution in [0.4, 0.5) is 0 Å². The molecule has 1 saturated heterocycles. The molecule has 0 radical (unpaired) electrons. The van der Waals surface area contributed by atoms with Gasteiger partial charge in [0.2, 0.25) is 0 Å². The van der Waals surface area contributed by atoms with Crippen LogP contribution < -0.4 is 9.47 Å². The molecule has 0 aliphatic carbocycles. The number of hydrogen-bond donors (Lipinski definition) is 0. The van der Waals surface area contributed by atoms with Crippen molar-refractivity contribution in [1.82, 2.24) is 4.90 Å². The van der Waals surface area contributed by atoms with Gasteiger partial charge in [-0.15, -0.1) is 0 Å². The number of likely N-dealkylation sites (N-methyl/N-ethyl adjacent to an activating group) is 1. The van der Waals surface area contributed by atoms with E-state index >= 15 is 0 Å². The molecule has 0 saturated carbocycles. The van der Waals surface area contributed by atoms with Crippen molar-refractivity contribution < 1.29 is 18.9 Å². The van der Waals surface area contributed by atoms with E-state index in [1.165, 1.54) is 5.56 Å². The molecule has 0 aromatic heterocycles. The van der Waals surface area contributed by atoms with Gasteiger partial charge in [-0.2, -0.15) is 0 Å². The number of nitrogens with zero attached hydrogens (tertiary/aromatic N) is 1. The standard InChI is InChI=1S/C17H25NO4/c1-18(6-8-19-13-15-3-2-7-20-15)12-14-4-5-16-17(11-14)22-10-9-21-16/h4-5,11,15H,2-3,6-10,12-13H2,1H3/t15-/m1/s1. The van der Waals surface area contributed by atoms with Gasteiger partial charge in [0.15, 0.2) is 11.5 Å². The summed E-state index contributed by atoms with van der Waals surface area (Å²) in [5.41, 5.74) is 1.23. The van der Waals surface area contributed by atoms with E-state index in [1.807, 2.05) is 6.07 Å². The first-order valence-electron chi connectivity index (χ1n) is 8.08. The molecule has 2 aliphatic rings. The molecule has 1 aromatic rings. The van der Waals surface area contributed by atoms with Gasteiger partial charge in [0, 0.05) is 19.7 Å².